The number of aliphatic hydroxyl groups excluding tert-OH is 1. The minimum Gasteiger partial charge on any atom is -0.468 e. The van der Waals surface area contributed by atoms with E-state index in [1.807, 2.05) is 27.7 Å². The molecule has 1 aromatic heterocycles. The monoisotopic (exact) mass is 735 g/mol. The smallest absolute Gasteiger partial charge is 0.325 e. The summed E-state index contributed by atoms with van der Waals surface area (Å²) in [5, 5.41) is 14.7. The molecule has 0 fully saturated rings. The molecule has 1 atom stereocenters. The number of hydrogen-bond acceptors (Lipinski definition) is 10. The van der Waals surface area contributed by atoms with Gasteiger partial charge in [0.05, 0.1) is 12.7 Å². The van der Waals surface area contributed by atoms with Crippen LogP contribution in [0.15, 0.2) is 29.6 Å². The third-order valence-corrected chi connectivity index (χ3v) is 11.2. The predicted molar refractivity (Wildman–Crippen MR) is 210 cm³/mol. The summed E-state index contributed by atoms with van der Waals surface area (Å²) in [4.78, 5) is 44.9. The Labute approximate surface area is 302 Å². The van der Waals surface area contributed by atoms with E-state index < -0.39 is 5.97 Å². The molecule has 0 saturated heterocycles. The van der Waals surface area contributed by atoms with Crippen LogP contribution in [-0.4, -0.2) is 103 Å². The van der Waals surface area contributed by atoms with Gasteiger partial charge in [-0.2, -0.15) is 12.6 Å². The predicted octanol–water partition coefficient (Wildman–Crippen LogP) is 6.44. The van der Waals surface area contributed by atoms with Gasteiger partial charge in [0.15, 0.2) is 0 Å². The highest BCUT2D eigenvalue weighted by Gasteiger charge is 2.22. The maximum Gasteiger partial charge on any atom is 0.325 e. The number of rotatable bonds is 9. The molecule has 0 aliphatic heterocycles. The molecule has 3 N–H and O–H groups in total. The van der Waals surface area contributed by atoms with Crippen LogP contribution in [0.25, 0.3) is 10.6 Å². The largest absolute Gasteiger partial charge is 0.468 e. The Bertz CT molecular complexity index is 1090. The molecule has 13 heteroatoms. The number of aromatic nitrogens is 1. The molecule has 0 saturated carbocycles. The molecule has 1 aromatic carbocycles. The lowest BCUT2D eigenvalue weighted by atomic mass is 10.1. The van der Waals surface area contributed by atoms with Gasteiger partial charge in [0, 0.05) is 37.0 Å². The van der Waals surface area contributed by atoms with E-state index in [1.54, 1.807) is 12.5 Å². The van der Waals surface area contributed by atoms with Gasteiger partial charge >= 0.3 is 5.97 Å². The number of hydrogen-bond donors (Lipinski definition) is 4. The van der Waals surface area contributed by atoms with Crippen LogP contribution >= 0.6 is 34.0 Å². The zero-order valence-corrected chi connectivity index (χ0v) is 34.6. The minimum atomic E-state index is -0.447. The summed E-state index contributed by atoms with van der Waals surface area (Å²) in [6, 6.07) is 8.44. The number of aliphatic hydroxyl groups is 1. The van der Waals surface area contributed by atoms with Crippen molar-refractivity contribution >= 4 is 58.6 Å². The molecular weight excluding hydrogens is 671 g/mol. The number of aldehydes is 1. The molecule has 2 aromatic rings. The quantitative estimate of drug-likeness (QED) is 0.131. The Balaban J connectivity index is -0.000000297. The lowest BCUT2D eigenvalue weighted by Gasteiger charge is -2.40. The third-order valence-electron chi connectivity index (χ3n) is 6.13. The summed E-state index contributed by atoms with van der Waals surface area (Å²) in [5.74, 6) is 0.0282. The van der Waals surface area contributed by atoms with E-state index in [0.717, 1.165) is 36.8 Å². The van der Waals surface area contributed by atoms with Gasteiger partial charge in [-0.25, -0.2) is 15.0 Å². The number of carbonyl (C=O) groups is 4. The Morgan fingerprint density at radius 3 is 1.83 bits per heavy atom. The Kier molecular flexibility index (Phi) is 32.1. The molecule has 0 aliphatic rings. The van der Waals surface area contributed by atoms with E-state index >= 15 is 0 Å². The highest BCUT2D eigenvalue weighted by atomic mass is 32.3. The number of aryl methyl sites for hydroxylation is 1. The molecule has 0 bridgehead atoms. The van der Waals surface area contributed by atoms with Crippen molar-refractivity contribution in [3.63, 3.8) is 0 Å². The van der Waals surface area contributed by atoms with Crippen molar-refractivity contribution in [2.45, 2.75) is 91.5 Å². The first-order valence-electron chi connectivity index (χ1n) is 15.5. The second kappa shape index (κ2) is 29.5. The summed E-state index contributed by atoms with van der Waals surface area (Å²) in [5.41, 5.74) is 2.90. The van der Waals surface area contributed by atoms with Gasteiger partial charge in [-0.3, -0.25) is 14.4 Å². The van der Waals surface area contributed by atoms with Crippen LogP contribution in [0.4, 0.5) is 0 Å². The second-order valence-corrected chi connectivity index (χ2v) is 18.7. The van der Waals surface area contributed by atoms with Gasteiger partial charge in [0.1, 0.15) is 23.5 Å². The fourth-order valence-corrected chi connectivity index (χ4v) is 3.05. The van der Waals surface area contributed by atoms with Crippen molar-refractivity contribution < 1.29 is 33.8 Å². The number of thiazole rings is 1. The Morgan fingerprint density at radius 1 is 1.04 bits per heavy atom. The van der Waals surface area contributed by atoms with Gasteiger partial charge in [-0.1, -0.05) is 58.4 Å². The molecule has 0 radical (unpaired) electrons. The fraction of sp³-hybridized carbons (Fsp3) is 0.629. The zero-order valence-electron chi connectivity index (χ0n) is 32.1. The number of carbonyl (C=O) groups excluding carboxylic acids is 4. The average molecular weight is 736 g/mol. The van der Waals surface area contributed by atoms with Crippen LogP contribution in [0.5, 0.6) is 0 Å². The van der Waals surface area contributed by atoms with Crippen LogP contribution in [-0.2, 0) is 30.3 Å². The third kappa shape index (κ3) is 29.7. The summed E-state index contributed by atoms with van der Waals surface area (Å²) in [7, 11) is 3.63. The van der Waals surface area contributed by atoms with Crippen molar-refractivity contribution in [2.75, 3.05) is 52.4 Å². The summed E-state index contributed by atoms with van der Waals surface area (Å²) >= 11 is 5.65. The molecule has 0 aliphatic carbocycles. The fourth-order valence-electron chi connectivity index (χ4n) is 2.15. The first-order chi connectivity index (χ1) is 22.2. The molecule has 280 valence electrons. The van der Waals surface area contributed by atoms with E-state index in [-0.39, 0.29) is 34.1 Å². The van der Waals surface area contributed by atoms with E-state index in [0.29, 0.717) is 22.6 Å². The minimum absolute atomic E-state index is 0.0410. The SMILES string of the molecule is CC(C)(C)S(C)(C)C.CC=O.CCCc1ccc(-c2nc(C(=O)NC(C)CS)cs2)cc1.CO.COC(=O)CNC=O.COC(C)(C)C. The van der Waals surface area contributed by atoms with Gasteiger partial charge < -0.3 is 30.0 Å². The van der Waals surface area contributed by atoms with E-state index in [4.69, 9.17) is 14.6 Å². The molecule has 2 rings (SSSR count). The van der Waals surface area contributed by atoms with Crippen LogP contribution in [0.1, 0.15) is 84.8 Å². The molecule has 10 nitrogen and oxygen atoms in total. The number of thiol groups is 1. The molecular formula is C35H65N3O7S3. The number of benzene rings is 1. The van der Waals surface area contributed by atoms with Crippen molar-refractivity contribution in [1.29, 1.82) is 0 Å². The number of ether oxygens (including phenoxy) is 2. The lowest BCUT2D eigenvalue weighted by Crippen LogP contribution is -2.33. The van der Waals surface area contributed by atoms with Crippen molar-refractivity contribution in [3.8, 4) is 10.6 Å². The number of amides is 2. The van der Waals surface area contributed by atoms with E-state index in [1.165, 1.54) is 30.9 Å². The Hall–Kier alpha value is -2.45. The van der Waals surface area contributed by atoms with Crippen LogP contribution in [0.2, 0.25) is 0 Å². The van der Waals surface area contributed by atoms with E-state index in [9.17, 15) is 14.4 Å². The number of methoxy groups -OCH3 is 2. The van der Waals surface area contributed by atoms with E-state index in [2.05, 4.69) is 104 Å². The van der Waals surface area contributed by atoms with Crippen molar-refractivity contribution in [1.82, 2.24) is 15.6 Å². The first-order valence-corrected chi connectivity index (χ1v) is 19.8. The average Bonchev–Trinajstić information content (AvgIpc) is 3.52. The molecule has 1 unspecified atom stereocenters. The highest BCUT2D eigenvalue weighted by Crippen LogP contribution is 2.48. The van der Waals surface area contributed by atoms with Gasteiger partial charge in [-0.05, 0) is 70.1 Å². The molecule has 0 spiro atoms. The van der Waals surface area contributed by atoms with Crippen molar-refractivity contribution in [3.05, 3.63) is 40.9 Å². The van der Waals surface area contributed by atoms with Gasteiger partial charge in [0.25, 0.3) is 5.91 Å². The summed E-state index contributed by atoms with van der Waals surface area (Å²) in [6.45, 7) is 18.5. The number of esters is 1. The second-order valence-electron chi connectivity index (χ2n) is 12.6. The standard InChI is InChI=1S/C16H20N2OS2.C7H18S.C5H12O.C4H7NO3.C2H4O.CH4O/c1-3-4-12-5-7-13(8-6-12)16-18-14(10-21-16)15(19)17-11(2)9-20;1-7(2,3)8(4,5)6;1-5(2,3)6-4;1-8-4(7)2-5-3-6;1-2-3;1-2/h5-8,10-11,20H,3-4,9H2,1-2H3,(H,17,19);1-6H3;1-4H3;3H,2H2,1H3,(H,5,6);2H,1H3;2H,1H3. The first kappa shape index (κ1) is 52.4. The van der Waals surface area contributed by atoms with Crippen molar-refractivity contribution in [2.24, 2.45) is 0 Å². The van der Waals surface area contributed by atoms with Crippen LogP contribution < -0.4 is 10.6 Å². The van der Waals surface area contributed by atoms with Crippen LogP contribution in [0, 0.1) is 0 Å². The lowest BCUT2D eigenvalue weighted by molar-refractivity contribution is -0.140. The number of nitrogens with one attached hydrogen (secondary N) is 2. The summed E-state index contributed by atoms with van der Waals surface area (Å²) < 4.78 is 9.65. The van der Waals surface area contributed by atoms with Gasteiger partial charge in [0.2, 0.25) is 6.41 Å². The molecule has 1 heterocycles. The number of nitrogens with zero attached hydrogens (tertiary/aromatic N) is 1. The highest BCUT2D eigenvalue weighted by molar-refractivity contribution is 8.33. The normalized spacial score (nSPS) is 11.2. The summed E-state index contributed by atoms with van der Waals surface area (Å²) in [6.07, 6.45) is 10.5. The maximum absolute atomic E-state index is 12.0. The van der Waals surface area contributed by atoms with Crippen LogP contribution in [0.3, 0.4) is 0 Å². The molecule has 48 heavy (non-hydrogen) atoms. The topological polar surface area (TPSA) is 144 Å². The molecule has 2 amide bonds. The Morgan fingerprint density at radius 2 is 1.50 bits per heavy atom. The zero-order chi connectivity index (χ0) is 38.6. The van der Waals surface area contributed by atoms with Gasteiger partial charge in [-0.15, -0.1) is 11.3 Å². The maximum atomic E-state index is 12.0.